The molecule has 0 spiro atoms. The van der Waals surface area contributed by atoms with Crippen molar-refractivity contribution in [3.05, 3.63) is 59.8 Å². The van der Waals surface area contributed by atoms with Crippen molar-refractivity contribution in [3.63, 3.8) is 0 Å². The molecule has 3 aromatic rings. The topological polar surface area (TPSA) is 40.2 Å². The summed E-state index contributed by atoms with van der Waals surface area (Å²) in [6, 6.07) is 12.7. The second kappa shape index (κ2) is 13.3. The summed E-state index contributed by atoms with van der Waals surface area (Å²) in [5.41, 5.74) is 3.97. The first-order valence-electron chi connectivity index (χ1n) is 14.4. The maximum Gasteiger partial charge on any atom is 0.416 e. The van der Waals surface area contributed by atoms with Crippen molar-refractivity contribution in [3.8, 4) is 0 Å². The lowest BCUT2D eigenvalue weighted by Crippen LogP contribution is -2.44. The number of rotatable bonds is 11. The highest BCUT2D eigenvalue weighted by molar-refractivity contribution is 7.99. The number of piperazine rings is 1. The van der Waals surface area contributed by atoms with E-state index in [1.54, 1.807) is 24.0 Å². The Balaban J connectivity index is 1.05. The second-order valence-corrected chi connectivity index (χ2v) is 11.9. The quantitative estimate of drug-likeness (QED) is 0.185. The highest BCUT2D eigenvalue weighted by Gasteiger charge is 2.30. The monoisotopic (exact) mass is 556 g/mol. The van der Waals surface area contributed by atoms with Crippen LogP contribution in [0, 0.1) is 0 Å². The molecule has 5 rings (SSSR count). The number of hydrogen-bond donors (Lipinski definition) is 2. The third-order valence-corrected chi connectivity index (χ3v) is 9.13. The van der Waals surface area contributed by atoms with Crippen LogP contribution in [0.1, 0.15) is 68.4 Å². The van der Waals surface area contributed by atoms with Gasteiger partial charge in [0, 0.05) is 60.6 Å². The van der Waals surface area contributed by atoms with Gasteiger partial charge in [-0.3, -0.25) is 4.98 Å². The van der Waals surface area contributed by atoms with Gasteiger partial charge in [-0.25, -0.2) is 0 Å². The van der Waals surface area contributed by atoms with E-state index < -0.39 is 11.7 Å². The molecule has 210 valence electrons. The molecule has 2 aromatic carbocycles. The number of alkyl halides is 3. The maximum absolute atomic E-state index is 13.0. The Morgan fingerprint density at radius 3 is 2.54 bits per heavy atom. The summed E-state index contributed by atoms with van der Waals surface area (Å²) in [5.74, 6) is 1.64. The molecule has 0 atom stereocenters. The zero-order valence-corrected chi connectivity index (χ0v) is 23.3. The van der Waals surface area contributed by atoms with Gasteiger partial charge in [-0.15, -0.1) is 11.8 Å². The number of unbranched alkanes of at least 4 members (excludes halogenated alkanes) is 3. The van der Waals surface area contributed by atoms with Gasteiger partial charge in [-0.1, -0.05) is 31.7 Å². The first-order valence-corrected chi connectivity index (χ1v) is 15.4. The number of anilines is 2. The number of aromatic nitrogens is 1. The predicted molar refractivity (Wildman–Crippen MR) is 157 cm³/mol. The fourth-order valence-corrected chi connectivity index (χ4v) is 6.90. The van der Waals surface area contributed by atoms with Gasteiger partial charge in [0.15, 0.2) is 0 Å². The number of halogens is 3. The van der Waals surface area contributed by atoms with Gasteiger partial charge in [-0.2, -0.15) is 13.2 Å². The Morgan fingerprint density at radius 1 is 0.949 bits per heavy atom. The van der Waals surface area contributed by atoms with E-state index in [2.05, 4.69) is 38.7 Å². The van der Waals surface area contributed by atoms with Crippen molar-refractivity contribution in [1.29, 1.82) is 0 Å². The molecule has 39 heavy (non-hydrogen) atoms. The molecule has 0 radical (unpaired) electrons. The van der Waals surface area contributed by atoms with E-state index in [0.29, 0.717) is 11.4 Å². The Hall–Kier alpha value is -2.45. The standard InChI is InChI=1S/C31H39F3N4S/c32-31(33,34)24-9-11-26-28(21-24)37-15-13-30(26)39-20-6-2-1-5-14-36-25-10-12-29(38-18-16-35-17-19-38)27(22-25)23-7-3-4-8-23/h9-13,15,21-23,35-36H,1-8,14,16-20H2. The van der Waals surface area contributed by atoms with E-state index in [0.717, 1.165) is 86.6 Å². The minimum atomic E-state index is -4.35. The Morgan fingerprint density at radius 2 is 1.74 bits per heavy atom. The molecule has 0 bridgehead atoms. The second-order valence-electron chi connectivity index (χ2n) is 10.7. The lowest BCUT2D eigenvalue weighted by atomic mass is 9.94. The number of pyridine rings is 1. The van der Waals surface area contributed by atoms with Crippen LogP contribution in [0.4, 0.5) is 24.5 Å². The molecule has 8 heteroatoms. The number of nitrogens with zero attached hydrogens (tertiary/aromatic N) is 2. The molecule has 4 nitrogen and oxygen atoms in total. The Bertz CT molecular complexity index is 1220. The van der Waals surface area contributed by atoms with Gasteiger partial charge in [0.1, 0.15) is 0 Å². The van der Waals surface area contributed by atoms with Gasteiger partial charge < -0.3 is 15.5 Å². The molecule has 1 aliphatic carbocycles. The van der Waals surface area contributed by atoms with Crippen molar-refractivity contribution in [1.82, 2.24) is 10.3 Å². The van der Waals surface area contributed by atoms with Crippen LogP contribution >= 0.6 is 11.8 Å². The van der Waals surface area contributed by atoms with Crippen LogP contribution in [-0.4, -0.2) is 43.5 Å². The summed E-state index contributed by atoms with van der Waals surface area (Å²) < 4.78 is 39.0. The molecular weight excluding hydrogens is 517 g/mol. The van der Waals surface area contributed by atoms with Crippen LogP contribution < -0.4 is 15.5 Å². The number of benzene rings is 2. The highest BCUT2D eigenvalue weighted by Crippen LogP contribution is 2.40. The molecule has 2 N–H and O–H groups in total. The Labute approximate surface area is 234 Å². The summed E-state index contributed by atoms with van der Waals surface area (Å²) in [6.45, 7) is 5.26. The molecule has 2 fully saturated rings. The molecule has 0 unspecified atom stereocenters. The largest absolute Gasteiger partial charge is 0.416 e. The molecule has 1 saturated carbocycles. The molecule has 1 aromatic heterocycles. The van der Waals surface area contributed by atoms with Crippen LogP contribution in [0.15, 0.2) is 53.6 Å². The van der Waals surface area contributed by atoms with Crippen molar-refractivity contribution < 1.29 is 13.2 Å². The minimum absolute atomic E-state index is 0.401. The smallest absolute Gasteiger partial charge is 0.385 e. The lowest BCUT2D eigenvalue weighted by molar-refractivity contribution is -0.137. The van der Waals surface area contributed by atoms with Crippen LogP contribution in [0.5, 0.6) is 0 Å². The van der Waals surface area contributed by atoms with E-state index in [4.69, 9.17) is 0 Å². The van der Waals surface area contributed by atoms with E-state index in [1.807, 2.05) is 6.07 Å². The van der Waals surface area contributed by atoms with Crippen LogP contribution in [0.25, 0.3) is 10.9 Å². The molecule has 1 saturated heterocycles. The Kier molecular flexibility index (Phi) is 9.56. The van der Waals surface area contributed by atoms with E-state index in [1.165, 1.54) is 42.6 Å². The SMILES string of the molecule is FC(F)(F)c1ccc2c(SCCCCCCNc3ccc(N4CCNCC4)c(C4CCCC4)c3)ccnc2c1. The average Bonchev–Trinajstić information content (AvgIpc) is 3.49. The van der Waals surface area contributed by atoms with Gasteiger partial charge in [0.05, 0.1) is 11.1 Å². The summed E-state index contributed by atoms with van der Waals surface area (Å²) >= 11 is 1.71. The third-order valence-electron chi connectivity index (χ3n) is 7.97. The molecular formula is C31H39F3N4S. The van der Waals surface area contributed by atoms with Crippen LogP contribution in [0.3, 0.4) is 0 Å². The van der Waals surface area contributed by atoms with Crippen LogP contribution in [0.2, 0.25) is 0 Å². The molecule has 2 heterocycles. The zero-order valence-electron chi connectivity index (χ0n) is 22.5. The van der Waals surface area contributed by atoms with Gasteiger partial charge in [-0.05, 0) is 79.3 Å². The zero-order chi connectivity index (χ0) is 27.1. The fourth-order valence-electron chi connectivity index (χ4n) is 5.84. The summed E-state index contributed by atoms with van der Waals surface area (Å²) in [5, 5.41) is 7.93. The average molecular weight is 557 g/mol. The molecule has 1 aliphatic heterocycles. The lowest BCUT2D eigenvalue weighted by Gasteiger charge is -2.32. The maximum atomic E-state index is 13.0. The van der Waals surface area contributed by atoms with Gasteiger partial charge >= 0.3 is 6.18 Å². The number of fused-ring (bicyclic) bond motifs is 1. The van der Waals surface area contributed by atoms with Crippen molar-refractivity contribution in [2.45, 2.75) is 68.4 Å². The van der Waals surface area contributed by atoms with E-state index in [9.17, 15) is 13.2 Å². The minimum Gasteiger partial charge on any atom is -0.385 e. The number of nitrogens with one attached hydrogen (secondary N) is 2. The third kappa shape index (κ3) is 7.40. The highest BCUT2D eigenvalue weighted by atomic mass is 32.2. The van der Waals surface area contributed by atoms with Crippen molar-refractivity contribution in [2.75, 3.05) is 48.7 Å². The summed E-state index contributed by atoms with van der Waals surface area (Å²) in [4.78, 5) is 7.70. The molecule has 0 amide bonds. The summed E-state index contributed by atoms with van der Waals surface area (Å²) in [7, 11) is 0. The fraction of sp³-hybridized carbons (Fsp3) is 0.516. The predicted octanol–water partition coefficient (Wildman–Crippen LogP) is 8.09. The van der Waals surface area contributed by atoms with E-state index in [-0.39, 0.29) is 0 Å². The number of thioether (sulfide) groups is 1. The summed E-state index contributed by atoms with van der Waals surface area (Å²) in [6.07, 6.45) is 7.08. The van der Waals surface area contributed by atoms with Crippen molar-refractivity contribution >= 4 is 34.0 Å². The van der Waals surface area contributed by atoms with Crippen LogP contribution in [-0.2, 0) is 6.18 Å². The molecule has 2 aliphatic rings. The van der Waals surface area contributed by atoms with Gasteiger partial charge in [0.25, 0.3) is 0 Å². The normalized spacial score (nSPS) is 16.7. The van der Waals surface area contributed by atoms with E-state index >= 15 is 0 Å². The first-order chi connectivity index (χ1) is 19.0. The van der Waals surface area contributed by atoms with Crippen molar-refractivity contribution in [2.24, 2.45) is 0 Å². The first kappa shape index (κ1) is 28.1. The van der Waals surface area contributed by atoms with Gasteiger partial charge in [0.2, 0.25) is 0 Å². The number of hydrogen-bond acceptors (Lipinski definition) is 5.